The Balaban J connectivity index is 3.42. The first kappa shape index (κ1) is 16.4. The summed E-state index contributed by atoms with van der Waals surface area (Å²) >= 11 is 0. The van der Waals surface area contributed by atoms with Gasteiger partial charge in [-0.15, -0.1) is 0 Å². The highest BCUT2D eigenvalue weighted by Gasteiger charge is 2.35. The summed E-state index contributed by atoms with van der Waals surface area (Å²) in [4.78, 5) is 11.7. The van der Waals surface area contributed by atoms with Crippen LogP contribution in [0.1, 0.15) is 36.6 Å². The number of nitrogens with zero attached hydrogens (tertiary/aromatic N) is 1. The zero-order valence-electron chi connectivity index (χ0n) is 11.1. The van der Waals surface area contributed by atoms with Crippen LogP contribution in [0.3, 0.4) is 0 Å². The van der Waals surface area contributed by atoms with E-state index in [1.165, 1.54) is 14.0 Å². The fraction of sp³-hybridized carbons (Fsp3) is 0.462. The molecule has 1 aromatic rings. The third-order valence-electron chi connectivity index (χ3n) is 3.05. The van der Waals surface area contributed by atoms with Crippen molar-refractivity contribution in [3.05, 3.63) is 34.9 Å². The summed E-state index contributed by atoms with van der Waals surface area (Å²) < 4.78 is 64.9. The lowest BCUT2D eigenvalue weighted by molar-refractivity contribution is -0.137. The number of rotatable bonds is 4. The predicted molar refractivity (Wildman–Crippen MR) is 63.3 cm³/mol. The van der Waals surface area contributed by atoms with Crippen molar-refractivity contribution in [2.45, 2.75) is 32.0 Å². The number of benzene rings is 1. The van der Waals surface area contributed by atoms with E-state index in [2.05, 4.69) is 0 Å². The standard InChI is InChI=1S/C13H14F5NO/c1-8(19(3)7-20)9-4-10(12(2,14)15)6-11(5-9)13(16,17)18/h4-8H,1-3H3. The van der Waals surface area contributed by atoms with Gasteiger partial charge in [0.05, 0.1) is 11.6 Å². The highest BCUT2D eigenvalue weighted by atomic mass is 19.4. The Morgan fingerprint density at radius 1 is 1.10 bits per heavy atom. The second-order valence-electron chi connectivity index (χ2n) is 4.68. The topological polar surface area (TPSA) is 20.3 Å². The summed E-state index contributed by atoms with van der Waals surface area (Å²) in [6, 6.07) is 1.45. The van der Waals surface area contributed by atoms with Crippen molar-refractivity contribution in [1.82, 2.24) is 4.90 Å². The Morgan fingerprint density at radius 2 is 1.60 bits per heavy atom. The van der Waals surface area contributed by atoms with Gasteiger partial charge in [-0.2, -0.15) is 13.2 Å². The number of alkyl halides is 5. The first-order valence-electron chi connectivity index (χ1n) is 5.74. The zero-order valence-corrected chi connectivity index (χ0v) is 11.1. The van der Waals surface area contributed by atoms with E-state index in [4.69, 9.17) is 0 Å². The van der Waals surface area contributed by atoms with Gasteiger partial charge in [0.1, 0.15) is 0 Å². The highest BCUT2D eigenvalue weighted by Crippen LogP contribution is 2.37. The lowest BCUT2D eigenvalue weighted by Gasteiger charge is -2.23. The van der Waals surface area contributed by atoms with Crippen LogP contribution in [0.5, 0.6) is 0 Å². The van der Waals surface area contributed by atoms with Gasteiger partial charge in [-0.05, 0) is 30.7 Å². The SMILES string of the molecule is CC(c1cc(C(C)(F)F)cc(C(F)(F)F)c1)N(C)C=O. The summed E-state index contributed by atoms with van der Waals surface area (Å²) in [6.07, 6.45) is -4.30. The molecule has 0 saturated heterocycles. The number of hydrogen-bond acceptors (Lipinski definition) is 1. The number of amides is 1. The second kappa shape index (κ2) is 5.38. The third kappa shape index (κ3) is 3.68. The summed E-state index contributed by atoms with van der Waals surface area (Å²) in [5, 5.41) is 0. The van der Waals surface area contributed by atoms with Crippen LogP contribution < -0.4 is 0 Å². The molecule has 0 radical (unpaired) electrons. The lowest BCUT2D eigenvalue weighted by Crippen LogP contribution is -2.22. The van der Waals surface area contributed by atoms with E-state index in [1.54, 1.807) is 0 Å². The van der Waals surface area contributed by atoms with E-state index >= 15 is 0 Å². The van der Waals surface area contributed by atoms with Crippen molar-refractivity contribution in [2.75, 3.05) is 7.05 Å². The molecule has 112 valence electrons. The van der Waals surface area contributed by atoms with Gasteiger partial charge in [0, 0.05) is 19.5 Å². The average molecular weight is 295 g/mol. The number of halogens is 5. The molecule has 0 aliphatic carbocycles. The van der Waals surface area contributed by atoms with E-state index in [0.717, 1.165) is 17.0 Å². The van der Waals surface area contributed by atoms with E-state index in [0.29, 0.717) is 19.4 Å². The Kier molecular flexibility index (Phi) is 4.41. The molecule has 0 aromatic heterocycles. The normalized spacial score (nSPS) is 14.0. The minimum atomic E-state index is -4.73. The van der Waals surface area contributed by atoms with Gasteiger partial charge in [-0.3, -0.25) is 4.79 Å². The lowest BCUT2D eigenvalue weighted by atomic mass is 9.97. The predicted octanol–water partition coefficient (Wildman–Crippen LogP) is 3.97. The summed E-state index contributed by atoms with van der Waals surface area (Å²) in [7, 11) is 1.36. The van der Waals surface area contributed by atoms with Crippen LogP contribution in [-0.2, 0) is 16.9 Å². The van der Waals surface area contributed by atoms with Gasteiger partial charge in [-0.25, -0.2) is 8.78 Å². The van der Waals surface area contributed by atoms with Gasteiger partial charge in [0.2, 0.25) is 6.41 Å². The Bertz CT molecular complexity index is 460. The van der Waals surface area contributed by atoms with Gasteiger partial charge >= 0.3 is 6.18 Å². The van der Waals surface area contributed by atoms with Gasteiger partial charge < -0.3 is 4.90 Å². The first-order valence-corrected chi connectivity index (χ1v) is 5.74. The van der Waals surface area contributed by atoms with Gasteiger partial charge in [0.15, 0.2) is 0 Å². The molecule has 1 unspecified atom stereocenters. The van der Waals surface area contributed by atoms with Crippen LogP contribution in [0.4, 0.5) is 22.0 Å². The average Bonchev–Trinajstić information content (AvgIpc) is 2.34. The molecule has 0 heterocycles. The highest BCUT2D eigenvalue weighted by molar-refractivity contribution is 5.48. The van der Waals surface area contributed by atoms with Gasteiger partial charge in [-0.1, -0.05) is 0 Å². The van der Waals surface area contributed by atoms with E-state index in [1.807, 2.05) is 0 Å². The van der Waals surface area contributed by atoms with Crippen LogP contribution in [-0.4, -0.2) is 18.4 Å². The third-order valence-corrected chi connectivity index (χ3v) is 3.05. The van der Waals surface area contributed by atoms with Crippen LogP contribution in [0, 0.1) is 0 Å². The van der Waals surface area contributed by atoms with E-state index in [9.17, 15) is 26.7 Å². The zero-order chi connectivity index (χ0) is 15.7. The molecule has 0 aliphatic rings. The molecule has 7 heteroatoms. The molecule has 0 N–H and O–H groups in total. The van der Waals surface area contributed by atoms with Crippen molar-refractivity contribution in [3.8, 4) is 0 Å². The largest absolute Gasteiger partial charge is 0.416 e. The molecule has 1 rings (SSSR count). The molecule has 0 spiro atoms. The number of carbonyl (C=O) groups excluding carboxylic acids is 1. The maximum Gasteiger partial charge on any atom is 0.416 e. The fourth-order valence-electron chi connectivity index (χ4n) is 1.64. The van der Waals surface area contributed by atoms with Crippen molar-refractivity contribution in [1.29, 1.82) is 0 Å². The molecule has 0 aliphatic heterocycles. The quantitative estimate of drug-likeness (QED) is 0.608. The van der Waals surface area contributed by atoms with Crippen LogP contribution in [0.2, 0.25) is 0 Å². The van der Waals surface area contributed by atoms with Crippen LogP contribution >= 0.6 is 0 Å². The number of carbonyl (C=O) groups is 1. The maximum absolute atomic E-state index is 13.3. The summed E-state index contributed by atoms with van der Waals surface area (Å²) in [5.74, 6) is -3.39. The number of hydrogen-bond donors (Lipinski definition) is 0. The molecule has 1 amide bonds. The van der Waals surface area contributed by atoms with Crippen molar-refractivity contribution < 1.29 is 26.7 Å². The van der Waals surface area contributed by atoms with E-state index in [-0.39, 0.29) is 5.56 Å². The van der Waals surface area contributed by atoms with Crippen LogP contribution in [0.15, 0.2) is 18.2 Å². The van der Waals surface area contributed by atoms with Crippen molar-refractivity contribution in [2.24, 2.45) is 0 Å². The molecule has 2 nitrogen and oxygen atoms in total. The monoisotopic (exact) mass is 295 g/mol. The first-order chi connectivity index (χ1) is 8.96. The Hall–Kier alpha value is -1.66. The maximum atomic E-state index is 13.3. The fourth-order valence-corrected chi connectivity index (χ4v) is 1.64. The smallest absolute Gasteiger partial charge is 0.342 e. The minimum absolute atomic E-state index is 0.00551. The molecular formula is C13H14F5NO. The van der Waals surface area contributed by atoms with Crippen LogP contribution in [0.25, 0.3) is 0 Å². The summed E-state index contributed by atoms with van der Waals surface area (Å²) in [5.41, 5.74) is -1.88. The molecular weight excluding hydrogens is 281 g/mol. The Labute approximate surface area is 113 Å². The minimum Gasteiger partial charge on any atom is -0.342 e. The molecule has 1 atom stereocenters. The summed E-state index contributed by atoms with van der Waals surface area (Å²) in [6.45, 7) is 1.99. The molecule has 0 saturated carbocycles. The molecule has 1 aromatic carbocycles. The Morgan fingerprint density at radius 3 is 2.00 bits per heavy atom. The molecule has 20 heavy (non-hydrogen) atoms. The van der Waals surface area contributed by atoms with Crippen molar-refractivity contribution >= 4 is 6.41 Å². The van der Waals surface area contributed by atoms with E-state index < -0.39 is 29.3 Å². The van der Waals surface area contributed by atoms with Gasteiger partial charge in [0.25, 0.3) is 5.92 Å². The second-order valence-corrected chi connectivity index (χ2v) is 4.68. The molecule has 0 bridgehead atoms. The molecule has 0 fully saturated rings. The van der Waals surface area contributed by atoms with Crippen molar-refractivity contribution in [3.63, 3.8) is 0 Å².